The molecule has 0 spiro atoms. The first-order valence-corrected chi connectivity index (χ1v) is 9.72. The van der Waals surface area contributed by atoms with Crippen LogP contribution < -0.4 is 5.32 Å². The van der Waals surface area contributed by atoms with E-state index in [0.717, 1.165) is 11.6 Å². The number of ether oxygens (including phenoxy) is 2. The Hall–Kier alpha value is -2.74. The van der Waals surface area contributed by atoms with Crippen molar-refractivity contribution in [1.82, 2.24) is 0 Å². The lowest BCUT2D eigenvalue weighted by Crippen LogP contribution is -2.23. The molecular weight excluding hydrogens is 397 g/mol. The summed E-state index contributed by atoms with van der Waals surface area (Å²) in [5.41, 5.74) is 1.99. The topological polar surface area (TPSA) is 84.9 Å². The van der Waals surface area contributed by atoms with Gasteiger partial charge in [0.1, 0.15) is 6.10 Å². The number of rotatable bonds is 8. The average molecular weight is 421 g/mol. The number of benzene rings is 2. The van der Waals surface area contributed by atoms with E-state index in [-0.39, 0.29) is 18.3 Å². The van der Waals surface area contributed by atoms with Crippen molar-refractivity contribution in [2.45, 2.75) is 26.4 Å². The fourth-order valence-corrected chi connectivity index (χ4v) is 2.76. The van der Waals surface area contributed by atoms with Crippen molar-refractivity contribution in [3.8, 4) is 5.75 Å². The summed E-state index contributed by atoms with van der Waals surface area (Å²) in [5.74, 6) is -2.09. The number of esters is 1. The first kappa shape index (κ1) is 22.5. The molecule has 0 aliphatic rings. The van der Waals surface area contributed by atoms with E-state index in [4.69, 9.17) is 9.47 Å². The highest BCUT2D eigenvalue weighted by Gasteiger charge is 2.25. The van der Waals surface area contributed by atoms with Crippen LogP contribution in [0.5, 0.6) is 5.75 Å². The second kappa shape index (κ2) is 10.7. The van der Waals surface area contributed by atoms with Crippen LogP contribution in [0.1, 0.15) is 30.6 Å². The summed E-state index contributed by atoms with van der Waals surface area (Å²) >= 11 is 3.84. The number of halogens is 1. The predicted molar refractivity (Wildman–Crippen MR) is 111 cm³/mol. The van der Waals surface area contributed by atoms with E-state index in [9.17, 15) is 19.1 Å². The Morgan fingerprint density at radius 3 is 2.52 bits per heavy atom. The van der Waals surface area contributed by atoms with Gasteiger partial charge in [-0.05, 0) is 43.2 Å². The van der Waals surface area contributed by atoms with Gasteiger partial charge in [-0.1, -0.05) is 30.7 Å². The first-order chi connectivity index (χ1) is 13.8. The molecule has 0 aromatic heterocycles. The van der Waals surface area contributed by atoms with E-state index in [1.54, 1.807) is 19.1 Å². The van der Waals surface area contributed by atoms with Crippen LogP contribution in [-0.4, -0.2) is 29.5 Å². The number of amides is 1. The monoisotopic (exact) mass is 421 g/mol. The molecule has 0 fully saturated rings. The van der Waals surface area contributed by atoms with E-state index < -0.39 is 29.7 Å². The van der Waals surface area contributed by atoms with E-state index in [1.165, 1.54) is 12.1 Å². The largest absolute Gasteiger partial charge is 0.505 e. The van der Waals surface area contributed by atoms with Crippen molar-refractivity contribution in [1.29, 1.82) is 0 Å². The van der Waals surface area contributed by atoms with Gasteiger partial charge in [-0.3, -0.25) is 10.1 Å². The van der Waals surface area contributed by atoms with E-state index in [0.29, 0.717) is 17.7 Å². The van der Waals surface area contributed by atoms with Crippen molar-refractivity contribution in [2.75, 3.05) is 17.7 Å². The molecule has 0 heterocycles. The molecule has 29 heavy (non-hydrogen) atoms. The highest BCUT2D eigenvalue weighted by molar-refractivity contribution is 7.81. The number of aromatic hydroxyl groups is 1. The first-order valence-electron chi connectivity index (χ1n) is 9.09. The van der Waals surface area contributed by atoms with Crippen LogP contribution in [0.25, 0.3) is 0 Å². The maximum absolute atomic E-state index is 13.8. The summed E-state index contributed by atoms with van der Waals surface area (Å²) in [4.78, 5) is 23.6. The molecule has 0 unspecified atom stereocenters. The third-order valence-corrected chi connectivity index (χ3v) is 4.57. The normalized spacial score (nSPS) is 12.7. The molecule has 0 radical (unpaired) electrons. The number of hydrogen-bond donors (Lipinski definition) is 3. The van der Waals surface area contributed by atoms with Crippen molar-refractivity contribution in [3.63, 3.8) is 0 Å². The summed E-state index contributed by atoms with van der Waals surface area (Å²) in [6, 6.07) is 11.0. The van der Waals surface area contributed by atoms with E-state index in [1.807, 2.05) is 19.1 Å². The van der Waals surface area contributed by atoms with E-state index >= 15 is 0 Å². The number of hydrogen-bond acceptors (Lipinski definition) is 6. The number of aryl methyl sites for hydroxylation is 1. The Morgan fingerprint density at radius 2 is 1.90 bits per heavy atom. The van der Waals surface area contributed by atoms with Crippen molar-refractivity contribution in [3.05, 3.63) is 59.4 Å². The van der Waals surface area contributed by atoms with Crippen molar-refractivity contribution < 1.29 is 28.6 Å². The quantitative estimate of drug-likeness (QED) is 0.428. The number of phenolic OH excluding ortho intramolecular Hbond substituents is 1. The molecule has 0 saturated heterocycles. The molecule has 2 N–H and O–H groups in total. The molecule has 2 atom stereocenters. The second-order valence-electron chi connectivity index (χ2n) is 6.67. The molecule has 0 bridgehead atoms. The summed E-state index contributed by atoms with van der Waals surface area (Å²) in [7, 11) is 0. The van der Waals surface area contributed by atoms with Gasteiger partial charge in [0, 0.05) is 11.6 Å². The van der Waals surface area contributed by atoms with Crippen LogP contribution in [0.15, 0.2) is 42.5 Å². The minimum absolute atomic E-state index is 0.0313. The number of carbonyl (C=O) groups excluding carboxylic acids is 2. The van der Waals surface area contributed by atoms with Gasteiger partial charge in [0.15, 0.2) is 11.6 Å². The molecule has 8 heteroatoms. The minimum Gasteiger partial charge on any atom is -0.505 e. The number of nitrogens with one attached hydrogen (secondary N) is 1. The Labute approximate surface area is 174 Å². The molecule has 2 rings (SSSR count). The maximum Gasteiger partial charge on any atom is 0.412 e. The van der Waals surface area contributed by atoms with Gasteiger partial charge in [-0.15, -0.1) is 0 Å². The molecule has 0 saturated carbocycles. The third-order valence-electron chi connectivity index (χ3n) is 4.31. The van der Waals surface area contributed by atoms with Gasteiger partial charge in [-0.25, -0.2) is 9.18 Å². The minimum atomic E-state index is -0.816. The second-order valence-corrected chi connectivity index (χ2v) is 6.99. The van der Waals surface area contributed by atoms with Crippen LogP contribution in [0.3, 0.4) is 0 Å². The molecular formula is C21H24FNO5S. The smallest absolute Gasteiger partial charge is 0.412 e. The van der Waals surface area contributed by atoms with Crippen LogP contribution in [0.2, 0.25) is 0 Å². The number of carbonyl (C=O) groups is 2. The molecule has 2 aromatic carbocycles. The molecule has 1 amide bonds. The standard InChI is InChI=1S/C21H24FNO5S/c1-13-3-6-16(7-4-13)23-21(26)28-20(14(2)9-10-27-19(25)12-29)15-5-8-18(24)17(22)11-15/h3-8,11,14,20,24,29H,9-10,12H2,1-2H3,(H,23,26)/t14-,20-/m1/s1. The highest BCUT2D eigenvalue weighted by atomic mass is 32.1. The summed E-state index contributed by atoms with van der Waals surface area (Å²) in [6.07, 6.45) is -1.14. The summed E-state index contributed by atoms with van der Waals surface area (Å²) in [5, 5.41) is 12.1. The lowest BCUT2D eigenvalue weighted by atomic mass is 9.94. The average Bonchev–Trinajstić information content (AvgIpc) is 2.69. The fraction of sp³-hybridized carbons (Fsp3) is 0.333. The van der Waals surface area contributed by atoms with Crippen LogP contribution in [0, 0.1) is 18.7 Å². The molecule has 6 nitrogen and oxygen atoms in total. The Morgan fingerprint density at radius 1 is 1.21 bits per heavy atom. The van der Waals surface area contributed by atoms with Crippen molar-refractivity contribution >= 4 is 30.4 Å². The van der Waals surface area contributed by atoms with Crippen LogP contribution in [0.4, 0.5) is 14.9 Å². The van der Waals surface area contributed by atoms with Gasteiger partial charge in [-0.2, -0.15) is 12.6 Å². The van der Waals surface area contributed by atoms with Gasteiger partial charge >= 0.3 is 12.1 Å². The predicted octanol–water partition coefficient (Wildman–Crippen LogP) is 4.63. The van der Waals surface area contributed by atoms with Gasteiger partial charge in [0.25, 0.3) is 0 Å². The summed E-state index contributed by atoms with van der Waals surface area (Å²) in [6.45, 7) is 3.84. The summed E-state index contributed by atoms with van der Waals surface area (Å²) < 4.78 is 24.4. The Balaban J connectivity index is 2.12. The number of thiol groups is 1. The van der Waals surface area contributed by atoms with Gasteiger partial charge < -0.3 is 14.6 Å². The SMILES string of the molecule is Cc1ccc(NC(=O)O[C@@H](c2ccc(O)c(F)c2)[C@H](C)CCOC(=O)CS)cc1. The van der Waals surface area contributed by atoms with Crippen LogP contribution in [-0.2, 0) is 14.3 Å². The lowest BCUT2D eigenvalue weighted by Gasteiger charge is -2.25. The number of phenols is 1. The third kappa shape index (κ3) is 6.98. The van der Waals surface area contributed by atoms with Gasteiger partial charge in [0.2, 0.25) is 0 Å². The number of anilines is 1. The zero-order valence-corrected chi connectivity index (χ0v) is 17.1. The molecule has 0 aliphatic carbocycles. The Kier molecular flexibility index (Phi) is 8.33. The lowest BCUT2D eigenvalue weighted by molar-refractivity contribution is -0.141. The van der Waals surface area contributed by atoms with Gasteiger partial charge in [0.05, 0.1) is 12.4 Å². The molecule has 2 aromatic rings. The fourth-order valence-electron chi connectivity index (χ4n) is 2.67. The highest BCUT2D eigenvalue weighted by Crippen LogP contribution is 2.31. The van der Waals surface area contributed by atoms with Crippen LogP contribution >= 0.6 is 12.6 Å². The van der Waals surface area contributed by atoms with E-state index in [2.05, 4.69) is 17.9 Å². The maximum atomic E-state index is 13.8. The Bertz CT molecular complexity index is 843. The van der Waals surface area contributed by atoms with Crippen molar-refractivity contribution in [2.24, 2.45) is 5.92 Å². The molecule has 0 aliphatic heterocycles. The zero-order valence-electron chi connectivity index (χ0n) is 16.2. The zero-order chi connectivity index (χ0) is 21.4. The molecule has 156 valence electrons.